The van der Waals surface area contributed by atoms with Crippen molar-refractivity contribution >= 4 is 22.8 Å². The number of carboxylic acids is 1. The van der Waals surface area contributed by atoms with Crippen molar-refractivity contribution in [2.45, 2.75) is 26.3 Å². The highest BCUT2D eigenvalue weighted by Crippen LogP contribution is 2.16. The van der Waals surface area contributed by atoms with Crippen LogP contribution < -0.4 is 10.9 Å². The van der Waals surface area contributed by atoms with E-state index in [1.165, 1.54) is 6.07 Å². The molecule has 0 fully saturated rings. The first-order chi connectivity index (χ1) is 10.4. The zero-order chi connectivity index (χ0) is 16.3. The summed E-state index contributed by atoms with van der Waals surface area (Å²) in [4.78, 5) is 38.0. The highest BCUT2D eigenvalue weighted by atomic mass is 16.4. The number of hydrogen-bond donors (Lipinski definition) is 3. The Morgan fingerprint density at radius 2 is 2.00 bits per heavy atom. The smallest absolute Gasteiger partial charge is 0.326 e. The molecule has 1 heterocycles. The Morgan fingerprint density at radius 3 is 2.64 bits per heavy atom. The standard InChI is InChI=1S/C16H18N2O4/c1-3-9(2)14(16(21)22)18-15(20)11-8-13(19)17-12-7-5-4-6-10(11)12/h4-9,14H,3H2,1-2H3,(H,17,19)(H,18,20)(H,21,22)/t9-,14-/m0/s1. The summed E-state index contributed by atoms with van der Waals surface area (Å²) in [6.45, 7) is 3.62. The van der Waals surface area contributed by atoms with Crippen molar-refractivity contribution in [1.29, 1.82) is 0 Å². The number of carbonyl (C=O) groups is 2. The van der Waals surface area contributed by atoms with Gasteiger partial charge in [0.2, 0.25) is 5.56 Å². The fourth-order valence-electron chi connectivity index (χ4n) is 2.29. The van der Waals surface area contributed by atoms with Crippen LogP contribution >= 0.6 is 0 Å². The van der Waals surface area contributed by atoms with Crippen molar-refractivity contribution in [3.63, 3.8) is 0 Å². The largest absolute Gasteiger partial charge is 0.480 e. The molecule has 22 heavy (non-hydrogen) atoms. The Kier molecular flexibility index (Phi) is 4.60. The summed E-state index contributed by atoms with van der Waals surface area (Å²) >= 11 is 0. The third kappa shape index (κ3) is 3.16. The van der Waals surface area contributed by atoms with Gasteiger partial charge in [-0.3, -0.25) is 9.59 Å². The van der Waals surface area contributed by atoms with Gasteiger partial charge in [0.25, 0.3) is 5.91 Å². The molecule has 0 saturated carbocycles. The number of carboxylic acid groups (broad SMARTS) is 1. The number of aromatic nitrogens is 1. The normalized spacial score (nSPS) is 13.5. The van der Waals surface area contributed by atoms with Crippen LogP contribution in [0, 0.1) is 5.92 Å². The van der Waals surface area contributed by atoms with Crippen LogP contribution in [0.4, 0.5) is 0 Å². The van der Waals surface area contributed by atoms with Gasteiger partial charge in [0.1, 0.15) is 6.04 Å². The molecule has 0 aliphatic heterocycles. The van der Waals surface area contributed by atoms with E-state index in [1.807, 2.05) is 6.92 Å². The number of aliphatic carboxylic acids is 1. The maximum Gasteiger partial charge on any atom is 0.326 e. The van der Waals surface area contributed by atoms with Gasteiger partial charge in [-0.1, -0.05) is 38.5 Å². The topological polar surface area (TPSA) is 99.3 Å². The molecule has 6 heteroatoms. The first-order valence-electron chi connectivity index (χ1n) is 7.09. The van der Waals surface area contributed by atoms with Crippen LogP contribution in [0.15, 0.2) is 35.1 Å². The number of carbonyl (C=O) groups excluding carboxylic acids is 1. The monoisotopic (exact) mass is 302 g/mol. The molecule has 3 N–H and O–H groups in total. The van der Waals surface area contributed by atoms with E-state index >= 15 is 0 Å². The minimum atomic E-state index is -1.09. The minimum Gasteiger partial charge on any atom is -0.480 e. The molecule has 1 amide bonds. The molecular formula is C16H18N2O4. The molecule has 1 aromatic heterocycles. The van der Waals surface area contributed by atoms with E-state index in [0.717, 1.165) is 0 Å². The summed E-state index contributed by atoms with van der Waals surface area (Å²) in [5, 5.41) is 12.3. The highest BCUT2D eigenvalue weighted by molar-refractivity contribution is 6.06. The molecule has 6 nitrogen and oxygen atoms in total. The van der Waals surface area contributed by atoms with Gasteiger partial charge in [-0.2, -0.15) is 0 Å². The van der Waals surface area contributed by atoms with Gasteiger partial charge in [-0.15, -0.1) is 0 Å². The third-order valence-electron chi connectivity index (χ3n) is 3.76. The van der Waals surface area contributed by atoms with Crippen molar-refractivity contribution in [2.75, 3.05) is 0 Å². The summed E-state index contributed by atoms with van der Waals surface area (Å²) in [5.74, 6) is -1.86. The van der Waals surface area contributed by atoms with Gasteiger partial charge in [0.15, 0.2) is 0 Å². The highest BCUT2D eigenvalue weighted by Gasteiger charge is 2.26. The van der Waals surface area contributed by atoms with Crippen LogP contribution in [-0.2, 0) is 4.79 Å². The molecule has 0 radical (unpaired) electrons. The maximum atomic E-state index is 12.4. The van der Waals surface area contributed by atoms with Crippen molar-refractivity contribution in [1.82, 2.24) is 10.3 Å². The van der Waals surface area contributed by atoms with E-state index in [9.17, 15) is 19.5 Å². The predicted octanol–water partition coefficient (Wildman–Crippen LogP) is 1.76. The number of hydrogen-bond acceptors (Lipinski definition) is 3. The number of benzene rings is 1. The molecule has 0 unspecified atom stereocenters. The van der Waals surface area contributed by atoms with Gasteiger partial charge in [0, 0.05) is 17.0 Å². The molecule has 2 atom stereocenters. The van der Waals surface area contributed by atoms with Crippen molar-refractivity contribution in [3.8, 4) is 0 Å². The van der Waals surface area contributed by atoms with Crippen LogP contribution in [0.2, 0.25) is 0 Å². The van der Waals surface area contributed by atoms with E-state index in [2.05, 4.69) is 10.3 Å². The Bertz CT molecular complexity index is 766. The Morgan fingerprint density at radius 1 is 1.32 bits per heavy atom. The minimum absolute atomic E-state index is 0.175. The molecule has 2 rings (SSSR count). The van der Waals surface area contributed by atoms with E-state index in [1.54, 1.807) is 31.2 Å². The van der Waals surface area contributed by atoms with Crippen molar-refractivity contribution in [3.05, 3.63) is 46.2 Å². The zero-order valence-corrected chi connectivity index (χ0v) is 12.4. The van der Waals surface area contributed by atoms with Gasteiger partial charge in [-0.25, -0.2) is 4.79 Å². The number of para-hydroxylation sites is 1. The lowest BCUT2D eigenvalue weighted by Gasteiger charge is -2.20. The Balaban J connectivity index is 2.41. The molecule has 0 aliphatic rings. The average Bonchev–Trinajstić information content (AvgIpc) is 2.50. The van der Waals surface area contributed by atoms with E-state index in [-0.39, 0.29) is 11.5 Å². The zero-order valence-electron chi connectivity index (χ0n) is 12.4. The summed E-state index contributed by atoms with van der Waals surface area (Å²) in [6, 6.07) is 7.10. The lowest BCUT2D eigenvalue weighted by Crippen LogP contribution is -2.45. The molecule has 2 aromatic rings. The van der Waals surface area contributed by atoms with Crippen LogP contribution in [0.25, 0.3) is 10.9 Å². The molecule has 0 bridgehead atoms. The average molecular weight is 302 g/mol. The summed E-state index contributed by atoms with van der Waals surface area (Å²) in [7, 11) is 0. The molecule has 0 aliphatic carbocycles. The fourth-order valence-corrected chi connectivity index (χ4v) is 2.29. The maximum absolute atomic E-state index is 12.4. The van der Waals surface area contributed by atoms with E-state index in [4.69, 9.17) is 0 Å². The lowest BCUT2D eigenvalue weighted by atomic mass is 9.98. The summed E-state index contributed by atoms with van der Waals surface area (Å²) in [5.41, 5.74) is 0.309. The van der Waals surface area contributed by atoms with E-state index in [0.29, 0.717) is 17.3 Å². The second-order valence-electron chi connectivity index (χ2n) is 5.27. The number of rotatable bonds is 5. The number of H-pyrrole nitrogens is 1. The Hall–Kier alpha value is -2.63. The first-order valence-corrected chi connectivity index (χ1v) is 7.09. The summed E-state index contributed by atoms with van der Waals surface area (Å²) < 4.78 is 0. The van der Waals surface area contributed by atoms with Gasteiger partial charge < -0.3 is 15.4 Å². The van der Waals surface area contributed by atoms with Crippen LogP contribution in [0.5, 0.6) is 0 Å². The number of aromatic amines is 1. The SMILES string of the molecule is CC[C@H](C)[C@H](NC(=O)c1cc(=O)[nH]c2ccccc12)C(=O)O. The Labute approximate surface area is 127 Å². The molecule has 116 valence electrons. The van der Waals surface area contributed by atoms with Crippen LogP contribution in [0.3, 0.4) is 0 Å². The molecule has 1 aromatic carbocycles. The van der Waals surface area contributed by atoms with Crippen LogP contribution in [-0.4, -0.2) is 28.0 Å². The first kappa shape index (κ1) is 15.8. The second kappa shape index (κ2) is 6.43. The third-order valence-corrected chi connectivity index (χ3v) is 3.76. The molecular weight excluding hydrogens is 284 g/mol. The number of nitrogens with one attached hydrogen (secondary N) is 2. The fraction of sp³-hybridized carbons (Fsp3) is 0.312. The van der Waals surface area contributed by atoms with Crippen molar-refractivity contribution < 1.29 is 14.7 Å². The second-order valence-corrected chi connectivity index (χ2v) is 5.27. The lowest BCUT2D eigenvalue weighted by molar-refractivity contribution is -0.140. The summed E-state index contributed by atoms with van der Waals surface area (Å²) in [6.07, 6.45) is 0.618. The number of pyridine rings is 1. The quantitative estimate of drug-likeness (QED) is 0.783. The van der Waals surface area contributed by atoms with Gasteiger partial charge in [-0.05, 0) is 12.0 Å². The molecule has 0 saturated heterocycles. The van der Waals surface area contributed by atoms with E-state index < -0.39 is 23.5 Å². The predicted molar refractivity (Wildman–Crippen MR) is 82.9 cm³/mol. The molecule has 0 spiro atoms. The van der Waals surface area contributed by atoms with Gasteiger partial charge >= 0.3 is 5.97 Å². The van der Waals surface area contributed by atoms with Crippen LogP contribution in [0.1, 0.15) is 30.6 Å². The van der Waals surface area contributed by atoms with Crippen molar-refractivity contribution in [2.24, 2.45) is 5.92 Å². The van der Waals surface area contributed by atoms with Gasteiger partial charge in [0.05, 0.1) is 5.56 Å². The number of fused-ring (bicyclic) bond motifs is 1. The number of amides is 1.